The van der Waals surface area contributed by atoms with Crippen molar-refractivity contribution in [2.24, 2.45) is 0 Å². The largest absolute Gasteiger partial charge is 0.358 e. The van der Waals surface area contributed by atoms with Crippen LogP contribution in [0.3, 0.4) is 0 Å². The van der Waals surface area contributed by atoms with Crippen LogP contribution in [0.1, 0.15) is 28.4 Å². The third-order valence-corrected chi connectivity index (χ3v) is 3.29. The van der Waals surface area contributed by atoms with Gasteiger partial charge in [-0.15, -0.1) is 0 Å². The van der Waals surface area contributed by atoms with E-state index >= 15 is 0 Å². The van der Waals surface area contributed by atoms with Gasteiger partial charge in [-0.25, -0.2) is 0 Å². The maximum atomic E-state index is 12.2. The second kappa shape index (κ2) is 7.04. The molecular weight excluding hydrogens is 240 g/mol. The maximum Gasteiger partial charge on any atom is 0.233 e. The molecule has 0 unspecified atom stereocenters. The molecule has 104 valence electrons. The van der Waals surface area contributed by atoms with Crippen LogP contribution >= 0.6 is 0 Å². The summed E-state index contributed by atoms with van der Waals surface area (Å²) in [6, 6.07) is 5.71. The topological polar surface area (TPSA) is 49.4 Å². The number of nitrogens with one attached hydrogen (secondary N) is 1. The number of nitrogens with zero attached hydrogens (tertiary/aromatic N) is 1. The molecule has 1 rings (SSSR count). The Morgan fingerprint density at radius 1 is 1.16 bits per heavy atom. The molecule has 0 aliphatic carbocycles. The van der Waals surface area contributed by atoms with E-state index in [0.29, 0.717) is 12.1 Å². The van der Waals surface area contributed by atoms with Crippen LogP contribution in [0, 0.1) is 13.8 Å². The molecule has 0 spiro atoms. The number of carbonyl (C=O) groups excluding carboxylic acids is 2. The van der Waals surface area contributed by atoms with Crippen LogP contribution in [0.5, 0.6) is 0 Å². The molecule has 4 heteroatoms. The first-order valence-corrected chi connectivity index (χ1v) is 6.51. The van der Waals surface area contributed by atoms with Crippen molar-refractivity contribution < 1.29 is 9.59 Å². The van der Waals surface area contributed by atoms with Gasteiger partial charge in [0.25, 0.3) is 0 Å². The number of carbonyl (C=O) groups is 2. The van der Waals surface area contributed by atoms with Crippen molar-refractivity contribution >= 4 is 11.7 Å². The Hall–Kier alpha value is -1.68. The molecule has 1 amide bonds. The number of rotatable bonds is 6. The van der Waals surface area contributed by atoms with Crippen LogP contribution in [0.4, 0.5) is 0 Å². The summed E-state index contributed by atoms with van der Waals surface area (Å²) in [5.74, 6) is -0.0245. The normalized spacial score (nSPS) is 10.6. The van der Waals surface area contributed by atoms with E-state index in [-0.39, 0.29) is 24.8 Å². The van der Waals surface area contributed by atoms with Gasteiger partial charge in [-0.05, 0) is 37.6 Å². The molecule has 0 saturated carbocycles. The molecule has 0 aromatic heterocycles. The van der Waals surface area contributed by atoms with Crippen molar-refractivity contribution in [3.63, 3.8) is 0 Å². The van der Waals surface area contributed by atoms with Crippen molar-refractivity contribution in [3.05, 3.63) is 34.9 Å². The number of hydrogen-bond acceptors (Lipinski definition) is 3. The number of aryl methyl sites for hydroxylation is 2. The Morgan fingerprint density at radius 3 is 2.37 bits per heavy atom. The zero-order valence-electron chi connectivity index (χ0n) is 12.1. The van der Waals surface area contributed by atoms with Crippen LogP contribution in [-0.2, 0) is 4.79 Å². The summed E-state index contributed by atoms with van der Waals surface area (Å²) in [4.78, 5) is 25.3. The van der Waals surface area contributed by atoms with Crippen LogP contribution < -0.4 is 5.32 Å². The summed E-state index contributed by atoms with van der Waals surface area (Å²) in [5.41, 5.74) is 2.99. The third-order valence-electron chi connectivity index (χ3n) is 3.29. The molecule has 0 atom stereocenters. The van der Waals surface area contributed by atoms with Gasteiger partial charge in [0.05, 0.1) is 13.1 Å². The van der Waals surface area contributed by atoms with Gasteiger partial charge >= 0.3 is 0 Å². The predicted octanol–water partition coefficient (Wildman–Crippen LogP) is 1.55. The Morgan fingerprint density at radius 2 is 1.84 bits per heavy atom. The summed E-state index contributed by atoms with van der Waals surface area (Å²) < 4.78 is 0. The van der Waals surface area contributed by atoms with E-state index in [9.17, 15) is 9.59 Å². The standard InChI is InChI=1S/C15H22N2O2/c1-5-17(10-15(19)16-4)9-14(18)13-7-6-11(2)12(3)8-13/h6-8H,5,9-10H2,1-4H3,(H,16,19). The summed E-state index contributed by atoms with van der Waals surface area (Å²) in [7, 11) is 1.60. The first-order valence-electron chi connectivity index (χ1n) is 6.51. The van der Waals surface area contributed by atoms with E-state index in [1.807, 2.05) is 43.9 Å². The van der Waals surface area contributed by atoms with Gasteiger partial charge in [0.15, 0.2) is 5.78 Å². The first kappa shape index (κ1) is 15.4. The summed E-state index contributed by atoms with van der Waals surface area (Å²) >= 11 is 0. The van der Waals surface area contributed by atoms with Crippen molar-refractivity contribution in [2.45, 2.75) is 20.8 Å². The second-order valence-electron chi connectivity index (χ2n) is 4.70. The lowest BCUT2D eigenvalue weighted by Crippen LogP contribution is -2.38. The summed E-state index contributed by atoms with van der Waals surface area (Å²) in [6.07, 6.45) is 0. The quantitative estimate of drug-likeness (QED) is 0.791. The maximum absolute atomic E-state index is 12.2. The SMILES string of the molecule is CCN(CC(=O)NC)CC(=O)c1ccc(C)c(C)c1. The van der Waals surface area contributed by atoms with Crippen molar-refractivity contribution in [2.75, 3.05) is 26.7 Å². The predicted molar refractivity (Wildman–Crippen MR) is 76.4 cm³/mol. The van der Waals surface area contributed by atoms with E-state index in [1.165, 1.54) is 5.56 Å². The van der Waals surface area contributed by atoms with Gasteiger partial charge < -0.3 is 5.32 Å². The van der Waals surface area contributed by atoms with Gasteiger partial charge in [-0.3, -0.25) is 14.5 Å². The van der Waals surface area contributed by atoms with Gasteiger partial charge in [0.1, 0.15) is 0 Å². The Bertz CT molecular complexity index is 469. The van der Waals surface area contributed by atoms with Crippen LogP contribution in [-0.4, -0.2) is 43.3 Å². The van der Waals surface area contributed by atoms with Crippen molar-refractivity contribution in [1.29, 1.82) is 0 Å². The molecule has 0 bridgehead atoms. The van der Waals surface area contributed by atoms with Gasteiger partial charge in [0, 0.05) is 12.6 Å². The molecular formula is C15H22N2O2. The minimum Gasteiger partial charge on any atom is -0.358 e. The molecule has 0 heterocycles. The number of Topliss-reactive ketones (excluding diaryl/α,β-unsaturated/α-hetero) is 1. The lowest BCUT2D eigenvalue weighted by molar-refractivity contribution is -0.121. The smallest absolute Gasteiger partial charge is 0.233 e. The highest BCUT2D eigenvalue weighted by atomic mass is 16.2. The van der Waals surface area contributed by atoms with Crippen molar-refractivity contribution in [1.82, 2.24) is 10.2 Å². The third kappa shape index (κ3) is 4.48. The average molecular weight is 262 g/mol. The van der Waals surface area contributed by atoms with E-state index in [1.54, 1.807) is 7.05 Å². The van der Waals surface area contributed by atoms with E-state index in [2.05, 4.69) is 5.32 Å². The van der Waals surface area contributed by atoms with E-state index in [0.717, 1.165) is 5.56 Å². The zero-order valence-corrected chi connectivity index (χ0v) is 12.1. The van der Waals surface area contributed by atoms with E-state index in [4.69, 9.17) is 0 Å². The fraction of sp³-hybridized carbons (Fsp3) is 0.467. The number of hydrogen-bond donors (Lipinski definition) is 1. The van der Waals surface area contributed by atoms with Crippen LogP contribution in [0.15, 0.2) is 18.2 Å². The molecule has 19 heavy (non-hydrogen) atoms. The fourth-order valence-electron chi connectivity index (χ4n) is 1.77. The fourth-order valence-corrected chi connectivity index (χ4v) is 1.77. The summed E-state index contributed by atoms with van der Waals surface area (Å²) in [6.45, 7) is 7.15. The first-order chi connectivity index (χ1) is 8.97. The lowest BCUT2D eigenvalue weighted by Gasteiger charge is -2.18. The minimum atomic E-state index is -0.0743. The minimum absolute atomic E-state index is 0.0499. The molecule has 1 aromatic carbocycles. The van der Waals surface area contributed by atoms with Crippen LogP contribution in [0.2, 0.25) is 0 Å². The molecule has 0 aliphatic heterocycles. The van der Waals surface area contributed by atoms with Gasteiger partial charge in [-0.2, -0.15) is 0 Å². The van der Waals surface area contributed by atoms with Gasteiger partial charge in [-0.1, -0.05) is 19.1 Å². The highest BCUT2D eigenvalue weighted by Crippen LogP contribution is 2.11. The second-order valence-corrected chi connectivity index (χ2v) is 4.70. The van der Waals surface area contributed by atoms with Gasteiger partial charge in [0.2, 0.25) is 5.91 Å². The highest BCUT2D eigenvalue weighted by Gasteiger charge is 2.14. The lowest BCUT2D eigenvalue weighted by atomic mass is 10.0. The van der Waals surface area contributed by atoms with Crippen LogP contribution in [0.25, 0.3) is 0 Å². The monoisotopic (exact) mass is 262 g/mol. The number of likely N-dealkylation sites (N-methyl/N-ethyl adjacent to an activating group) is 2. The molecule has 1 aromatic rings. The average Bonchev–Trinajstić information content (AvgIpc) is 2.40. The molecule has 0 fully saturated rings. The number of amides is 1. The highest BCUT2D eigenvalue weighted by molar-refractivity contribution is 5.98. The molecule has 1 N–H and O–H groups in total. The zero-order chi connectivity index (χ0) is 14.4. The molecule has 4 nitrogen and oxygen atoms in total. The Labute approximate surface area is 114 Å². The Kier molecular flexibility index (Phi) is 5.70. The van der Waals surface area contributed by atoms with E-state index < -0.39 is 0 Å². The number of ketones is 1. The molecule has 0 radical (unpaired) electrons. The summed E-state index contributed by atoms with van der Waals surface area (Å²) in [5, 5.41) is 2.57. The molecule has 0 aliphatic rings. The Balaban J connectivity index is 2.71. The molecule has 0 saturated heterocycles. The number of benzene rings is 1. The van der Waals surface area contributed by atoms with Crippen molar-refractivity contribution in [3.8, 4) is 0 Å².